The normalized spacial score (nSPS) is 13.0. The minimum atomic E-state index is 0.498. The Morgan fingerprint density at radius 1 is 1.53 bits per heavy atom. The highest BCUT2D eigenvalue weighted by Gasteiger charge is 2.12. The molecule has 0 saturated carbocycles. The van der Waals surface area contributed by atoms with Gasteiger partial charge in [-0.1, -0.05) is 25.4 Å². The van der Waals surface area contributed by atoms with Crippen molar-refractivity contribution in [2.45, 2.75) is 26.8 Å². The van der Waals surface area contributed by atoms with Crippen LogP contribution in [0.25, 0.3) is 0 Å². The summed E-state index contributed by atoms with van der Waals surface area (Å²) in [6.07, 6.45) is 0.868. The Morgan fingerprint density at radius 3 is 2.76 bits per heavy atom. The average Bonchev–Trinajstić information content (AvgIpc) is 2.56. The van der Waals surface area contributed by atoms with E-state index < -0.39 is 0 Å². The van der Waals surface area contributed by atoms with Crippen molar-refractivity contribution in [1.82, 2.24) is 15.1 Å². The third-order valence-corrected chi connectivity index (χ3v) is 3.18. The molecule has 0 bridgehead atoms. The minimum Gasteiger partial charge on any atom is -0.384 e. The van der Waals surface area contributed by atoms with E-state index in [1.165, 1.54) is 0 Å². The lowest BCUT2D eigenvalue weighted by Gasteiger charge is -2.11. The van der Waals surface area contributed by atoms with E-state index in [0.29, 0.717) is 5.92 Å². The number of halogens is 1. The van der Waals surface area contributed by atoms with E-state index in [1.54, 1.807) is 7.11 Å². The third-order valence-electron chi connectivity index (χ3n) is 2.74. The van der Waals surface area contributed by atoms with Crippen molar-refractivity contribution in [3.63, 3.8) is 0 Å². The predicted molar refractivity (Wildman–Crippen MR) is 70.3 cm³/mol. The highest BCUT2D eigenvalue weighted by molar-refractivity contribution is 6.31. The molecule has 1 atom stereocenters. The molecule has 98 valence electrons. The fourth-order valence-electron chi connectivity index (χ4n) is 1.79. The Labute approximate surface area is 108 Å². The van der Waals surface area contributed by atoms with Crippen LogP contribution in [-0.4, -0.2) is 30.0 Å². The molecule has 0 aliphatic rings. The Kier molecular flexibility index (Phi) is 5.95. The van der Waals surface area contributed by atoms with E-state index in [2.05, 4.69) is 24.3 Å². The first-order valence-electron chi connectivity index (χ1n) is 6.00. The van der Waals surface area contributed by atoms with Crippen LogP contribution >= 0.6 is 11.6 Å². The van der Waals surface area contributed by atoms with Crippen molar-refractivity contribution in [3.8, 4) is 0 Å². The van der Waals surface area contributed by atoms with Gasteiger partial charge in [0.2, 0.25) is 0 Å². The summed E-state index contributed by atoms with van der Waals surface area (Å²) in [6.45, 7) is 6.64. The van der Waals surface area contributed by atoms with Gasteiger partial charge in [-0.05, 0) is 12.3 Å². The Bertz CT molecular complexity index is 352. The highest BCUT2D eigenvalue weighted by atomic mass is 35.5. The van der Waals surface area contributed by atoms with Gasteiger partial charge in [0.1, 0.15) is 0 Å². The van der Waals surface area contributed by atoms with E-state index in [1.807, 2.05) is 11.7 Å². The van der Waals surface area contributed by atoms with Crippen LogP contribution in [0.5, 0.6) is 0 Å². The first-order valence-corrected chi connectivity index (χ1v) is 6.37. The Hall–Kier alpha value is -0.580. The van der Waals surface area contributed by atoms with E-state index in [0.717, 1.165) is 42.5 Å². The fraction of sp³-hybridized carbons (Fsp3) is 0.750. The molecule has 0 amide bonds. The summed E-state index contributed by atoms with van der Waals surface area (Å²) in [5.74, 6) is 0.498. The number of hydrogen-bond acceptors (Lipinski definition) is 3. The summed E-state index contributed by atoms with van der Waals surface area (Å²) in [7, 11) is 3.66. The molecule has 1 heterocycles. The second-order valence-corrected chi connectivity index (χ2v) is 4.75. The largest absolute Gasteiger partial charge is 0.384 e. The summed E-state index contributed by atoms with van der Waals surface area (Å²) < 4.78 is 6.95. The standard InChI is InChI=1S/C12H22ClN3O/c1-5-10-12(13)11(16(3)15-10)7-14-6-9(2)8-17-4/h9,14H,5-8H2,1-4H3. The first-order chi connectivity index (χ1) is 8.10. The first kappa shape index (κ1) is 14.5. The molecule has 4 nitrogen and oxygen atoms in total. The van der Waals surface area contributed by atoms with Crippen LogP contribution in [0.4, 0.5) is 0 Å². The molecule has 0 fully saturated rings. The maximum absolute atomic E-state index is 6.26. The number of nitrogens with one attached hydrogen (secondary N) is 1. The lowest BCUT2D eigenvalue weighted by molar-refractivity contribution is 0.158. The van der Waals surface area contributed by atoms with E-state index >= 15 is 0 Å². The second-order valence-electron chi connectivity index (χ2n) is 4.38. The molecule has 0 aliphatic carbocycles. The average molecular weight is 260 g/mol. The van der Waals surface area contributed by atoms with Crippen molar-refractivity contribution in [2.24, 2.45) is 13.0 Å². The van der Waals surface area contributed by atoms with Crippen LogP contribution in [-0.2, 0) is 24.8 Å². The Balaban J connectivity index is 2.49. The van der Waals surface area contributed by atoms with Gasteiger partial charge in [0.25, 0.3) is 0 Å². The molecule has 1 unspecified atom stereocenters. The molecule has 1 N–H and O–H groups in total. The van der Waals surface area contributed by atoms with Crippen LogP contribution in [0.2, 0.25) is 5.02 Å². The molecule has 1 aromatic heterocycles. The molecule has 0 aliphatic heterocycles. The van der Waals surface area contributed by atoms with E-state index in [-0.39, 0.29) is 0 Å². The van der Waals surface area contributed by atoms with Crippen LogP contribution in [0.3, 0.4) is 0 Å². The zero-order valence-corrected chi connectivity index (χ0v) is 11.8. The van der Waals surface area contributed by atoms with E-state index in [4.69, 9.17) is 16.3 Å². The lowest BCUT2D eigenvalue weighted by Crippen LogP contribution is -2.24. The number of hydrogen-bond donors (Lipinski definition) is 1. The van der Waals surface area contributed by atoms with Gasteiger partial charge in [-0.3, -0.25) is 4.68 Å². The van der Waals surface area contributed by atoms with Gasteiger partial charge < -0.3 is 10.1 Å². The van der Waals surface area contributed by atoms with Crippen molar-refractivity contribution < 1.29 is 4.74 Å². The number of aryl methyl sites for hydroxylation is 2. The minimum absolute atomic E-state index is 0.498. The molecule has 0 saturated heterocycles. The van der Waals surface area contributed by atoms with Gasteiger partial charge in [-0.2, -0.15) is 5.10 Å². The molecule has 0 spiro atoms. The monoisotopic (exact) mass is 259 g/mol. The summed E-state index contributed by atoms with van der Waals surface area (Å²) in [5.41, 5.74) is 2.02. The summed E-state index contributed by atoms with van der Waals surface area (Å²) >= 11 is 6.26. The molecular weight excluding hydrogens is 238 g/mol. The second kappa shape index (κ2) is 6.99. The summed E-state index contributed by atoms with van der Waals surface area (Å²) in [5, 5.41) is 8.56. The van der Waals surface area contributed by atoms with Crippen LogP contribution in [0, 0.1) is 5.92 Å². The van der Waals surface area contributed by atoms with Gasteiger partial charge in [-0.25, -0.2) is 0 Å². The van der Waals surface area contributed by atoms with Crippen LogP contribution in [0.1, 0.15) is 25.2 Å². The van der Waals surface area contributed by atoms with Crippen LogP contribution in [0.15, 0.2) is 0 Å². The third kappa shape index (κ3) is 3.98. The molecule has 17 heavy (non-hydrogen) atoms. The van der Waals surface area contributed by atoms with Gasteiger partial charge in [0.05, 0.1) is 16.4 Å². The van der Waals surface area contributed by atoms with Gasteiger partial charge in [-0.15, -0.1) is 0 Å². The Morgan fingerprint density at radius 2 is 2.24 bits per heavy atom. The van der Waals surface area contributed by atoms with Crippen molar-refractivity contribution in [1.29, 1.82) is 0 Å². The molecule has 0 aromatic carbocycles. The van der Waals surface area contributed by atoms with Crippen molar-refractivity contribution in [3.05, 3.63) is 16.4 Å². The number of ether oxygens (including phenoxy) is 1. The maximum Gasteiger partial charge on any atom is 0.0863 e. The van der Waals surface area contributed by atoms with Gasteiger partial charge in [0.15, 0.2) is 0 Å². The molecule has 5 heteroatoms. The SMILES string of the molecule is CCc1nn(C)c(CNCC(C)COC)c1Cl. The number of rotatable bonds is 7. The van der Waals surface area contributed by atoms with Crippen molar-refractivity contribution >= 4 is 11.6 Å². The summed E-state index contributed by atoms with van der Waals surface area (Å²) in [4.78, 5) is 0. The van der Waals surface area contributed by atoms with Gasteiger partial charge >= 0.3 is 0 Å². The molecule has 0 radical (unpaired) electrons. The topological polar surface area (TPSA) is 39.1 Å². The number of nitrogens with zero attached hydrogens (tertiary/aromatic N) is 2. The number of methoxy groups -OCH3 is 1. The fourth-order valence-corrected chi connectivity index (χ4v) is 2.15. The zero-order valence-electron chi connectivity index (χ0n) is 11.1. The zero-order chi connectivity index (χ0) is 12.8. The van der Waals surface area contributed by atoms with Crippen molar-refractivity contribution in [2.75, 3.05) is 20.3 Å². The van der Waals surface area contributed by atoms with Crippen LogP contribution < -0.4 is 5.32 Å². The number of aromatic nitrogens is 2. The molecule has 1 aromatic rings. The molecular formula is C12H22ClN3O. The molecule has 1 rings (SSSR count). The smallest absolute Gasteiger partial charge is 0.0863 e. The predicted octanol–water partition coefficient (Wildman–Crippen LogP) is 2.01. The summed E-state index contributed by atoms with van der Waals surface area (Å²) in [6, 6.07) is 0. The lowest BCUT2D eigenvalue weighted by atomic mass is 10.2. The quantitative estimate of drug-likeness (QED) is 0.814. The van der Waals surface area contributed by atoms with E-state index in [9.17, 15) is 0 Å². The van der Waals surface area contributed by atoms with Gasteiger partial charge in [0, 0.05) is 33.9 Å². The highest BCUT2D eigenvalue weighted by Crippen LogP contribution is 2.20. The maximum atomic E-state index is 6.26.